The van der Waals surface area contributed by atoms with Gasteiger partial charge in [-0.05, 0) is 51.2 Å². The lowest BCUT2D eigenvalue weighted by Gasteiger charge is -2.33. The number of hydrogen-bond acceptors (Lipinski definition) is 4. The third kappa shape index (κ3) is 5.28. The van der Waals surface area contributed by atoms with Gasteiger partial charge in [0, 0.05) is 37.3 Å². The molecule has 1 fully saturated rings. The maximum atomic E-state index is 14.0. The first kappa shape index (κ1) is 25.0. The summed E-state index contributed by atoms with van der Waals surface area (Å²) >= 11 is 0. The van der Waals surface area contributed by atoms with Gasteiger partial charge in [0.15, 0.2) is 5.69 Å². The zero-order valence-electron chi connectivity index (χ0n) is 19.8. The Morgan fingerprint density at radius 2 is 1.77 bits per heavy atom. The summed E-state index contributed by atoms with van der Waals surface area (Å²) < 4.78 is 59.8. The minimum absolute atomic E-state index is 0.0743. The van der Waals surface area contributed by atoms with Gasteiger partial charge in [0.05, 0.1) is 12.1 Å². The van der Waals surface area contributed by atoms with E-state index in [1.54, 1.807) is 25.7 Å². The number of benzene rings is 1. The van der Waals surface area contributed by atoms with Crippen molar-refractivity contribution in [3.8, 4) is 0 Å². The third-order valence-corrected chi connectivity index (χ3v) is 6.34. The number of nitrogens with zero attached hydrogens (tertiary/aromatic N) is 3. The molecule has 2 amide bonds. The summed E-state index contributed by atoms with van der Waals surface area (Å²) in [6.07, 6.45) is -4.22. The van der Waals surface area contributed by atoms with Gasteiger partial charge in [0.1, 0.15) is 11.4 Å². The van der Waals surface area contributed by atoms with Gasteiger partial charge in [0.2, 0.25) is 0 Å². The van der Waals surface area contributed by atoms with Crippen LogP contribution in [0.3, 0.4) is 0 Å². The van der Waals surface area contributed by atoms with Gasteiger partial charge in [-0.15, -0.1) is 0 Å². The first-order valence-electron chi connectivity index (χ1n) is 11.5. The fraction of sp³-hybridized carbons (Fsp3) is 0.542. The van der Waals surface area contributed by atoms with Crippen LogP contribution in [0.15, 0.2) is 18.2 Å². The number of carbonyl (C=O) groups is 2. The van der Waals surface area contributed by atoms with E-state index in [0.717, 1.165) is 11.8 Å². The van der Waals surface area contributed by atoms with Crippen LogP contribution in [0.1, 0.15) is 72.4 Å². The molecule has 0 radical (unpaired) electrons. The molecule has 1 aromatic carbocycles. The standard InChI is InChI=1S/C24H28F4N4O3/c1-23(2,3)35-22(34)32-12-9-18-16(13-32)20(30-29-18)21(33)31-10-7-14(8-11-31)15-5-4-6-17(25)19(15)24(26,27)28/h4-6,14H,7-13H2,1-3H3,(H,29,30). The fourth-order valence-corrected chi connectivity index (χ4v) is 4.68. The highest BCUT2D eigenvalue weighted by Crippen LogP contribution is 2.40. The van der Waals surface area contributed by atoms with Gasteiger partial charge in [-0.25, -0.2) is 9.18 Å². The first-order valence-corrected chi connectivity index (χ1v) is 11.5. The van der Waals surface area contributed by atoms with E-state index in [0.29, 0.717) is 18.5 Å². The Balaban J connectivity index is 1.46. The Kier molecular flexibility index (Phi) is 6.54. The highest BCUT2D eigenvalue weighted by atomic mass is 19.4. The van der Waals surface area contributed by atoms with Gasteiger partial charge in [-0.2, -0.15) is 18.3 Å². The van der Waals surface area contributed by atoms with Crippen molar-refractivity contribution in [2.75, 3.05) is 19.6 Å². The van der Waals surface area contributed by atoms with Crippen molar-refractivity contribution in [2.45, 2.75) is 64.3 Å². The zero-order chi connectivity index (χ0) is 25.5. The predicted molar refractivity (Wildman–Crippen MR) is 118 cm³/mol. The molecular weight excluding hydrogens is 468 g/mol. The molecule has 0 bridgehead atoms. The molecule has 35 heavy (non-hydrogen) atoms. The average molecular weight is 497 g/mol. The Labute approximate surface area is 200 Å². The molecule has 0 aliphatic carbocycles. The predicted octanol–water partition coefficient (Wildman–Crippen LogP) is 4.88. The number of amides is 2. The first-order chi connectivity index (χ1) is 16.3. The fourth-order valence-electron chi connectivity index (χ4n) is 4.68. The van der Waals surface area contributed by atoms with Crippen molar-refractivity contribution < 1.29 is 31.9 Å². The molecule has 1 saturated heterocycles. The Morgan fingerprint density at radius 1 is 1.09 bits per heavy atom. The van der Waals surface area contributed by atoms with Gasteiger partial charge >= 0.3 is 12.3 Å². The lowest BCUT2D eigenvalue weighted by Crippen LogP contribution is -2.41. The van der Waals surface area contributed by atoms with Crippen molar-refractivity contribution in [1.82, 2.24) is 20.0 Å². The molecule has 0 unspecified atom stereocenters. The maximum Gasteiger partial charge on any atom is 0.419 e. The molecular formula is C24H28F4N4O3. The summed E-state index contributed by atoms with van der Waals surface area (Å²) in [6, 6.07) is 3.40. The minimum atomic E-state index is -4.79. The number of carbonyl (C=O) groups excluding carboxylic acids is 2. The second-order valence-electron chi connectivity index (χ2n) is 9.95. The highest BCUT2D eigenvalue weighted by molar-refractivity contribution is 5.94. The molecule has 1 aromatic heterocycles. The molecule has 11 heteroatoms. The number of H-pyrrole nitrogens is 1. The quantitative estimate of drug-likeness (QED) is 0.601. The summed E-state index contributed by atoms with van der Waals surface area (Å²) in [5.41, 5.74) is -0.349. The zero-order valence-corrected chi connectivity index (χ0v) is 19.8. The number of halogens is 4. The van der Waals surface area contributed by atoms with E-state index in [1.165, 1.54) is 17.0 Å². The summed E-state index contributed by atoms with van der Waals surface area (Å²) in [5, 5.41) is 7.06. The van der Waals surface area contributed by atoms with Crippen LogP contribution < -0.4 is 0 Å². The van der Waals surface area contributed by atoms with Crippen LogP contribution >= 0.6 is 0 Å². The van der Waals surface area contributed by atoms with Crippen LogP contribution in [0.2, 0.25) is 0 Å². The number of likely N-dealkylation sites (tertiary alicyclic amines) is 1. The topological polar surface area (TPSA) is 78.5 Å². The molecule has 2 aromatic rings. The van der Waals surface area contributed by atoms with Crippen molar-refractivity contribution in [2.24, 2.45) is 0 Å². The second kappa shape index (κ2) is 9.16. The Morgan fingerprint density at radius 3 is 2.40 bits per heavy atom. The van der Waals surface area contributed by atoms with E-state index >= 15 is 0 Å². The third-order valence-electron chi connectivity index (χ3n) is 6.34. The molecule has 0 atom stereocenters. The van der Waals surface area contributed by atoms with Crippen LogP contribution in [0.4, 0.5) is 22.4 Å². The van der Waals surface area contributed by atoms with Crippen molar-refractivity contribution in [1.29, 1.82) is 0 Å². The van der Waals surface area contributed by atoms with Gasteiger partial charge < -0.3 is 14.5 Å². The molecule has 3 heterocycles. The lowest BCUT2D eigenvalue weighted by molar-refractivity contribution is -0.140. The number of fused-ring (bicyclic) bond motifs is 1. The molecule has 0 saturated carbocycles. The number of aromatic nitrogens is 2. The summed E-state index contributed by atoms with van der Waals surface area (Å²) in [5.74, 6) is -2.14. The lowest BCUT2D eigenvalue weighted by atomic mass is 9.86. The van der Waals surface area contributed by atoms with Gasteiger partial charge in [-0.1, -0.05) is 12.1 Å². The van der Waals surface area contributed by atoms with E-state index < -0.39 is 35.2 Å². The van der Waals surface area contributed by atoms with E-state index in [1.807, 2.05) is 0 Å². The number of nitrogens with one attached hydrogen (secondary N) is 1. The van der Waals surface area contributed by atoms with Crippen LogP contribution in [0, 0.1) is 5.82 Å². The number of hydrogen-bond donors (Lipinski definition) is 1. The molecule has 0 spiro atoms. The van der Waals surface area contributed by atoms with E-state index in [-0.39, 0.29) is 49.6 Å². The summed E-state index contributed by atoms with van der Waals surface area (Å²) in [7, 11) is 0. The minimum Gasteiger partial charge on any atom is -0.444 e. The normalized spacial score (nSPS) is 17.3. The second-order valence-corrected chi connectivity index (χ2v) is 9.95. The molecule has 2 aliphatic heterocycles. The van der Waals surface area contributed by atoms with Gasteiger partial charge in [-0.3, -0.25) is 9.89 Å². The molecule has 7 nitrogen and oxygen atoms in total. The van der Waals surface area contributed by atoms with E-state index in [2.05, 4.69) is 10.2 Å². The molecule has 2 aliphatic rings. The highest BCUT2D eigenvalue weighted by Gasteiger charge is 2.40. The number of aromatic amines is 1. The maximum absolute atomic E-state index is 14.0. The van der Waals surface area contributed by atoms with Crippen LogP contribution in [0.25, 0.3) is 0 Å². The Hall–Kier alpha value is -3.11. The van der Waals surface area contributed by atoms with Crippen LogP contribution in [-0.2, 0) is 23.9 Å². The van der Waals surface area contributed by atoms with Gasteiger partial charge in [0.25, 0.3) is 5.91 Å². The largest absolute Gasteiger partial charge is 0.444 e. The molecule has 190 valence electrons. The smallest absolute Gasteiger partial charge is 0.419 e. The molecule has 1 N–H and O–H groups in total. The number of alkyl halides is 3. The van der Waals surface area contributed by atoms with Crippen molar-refractivity contribution in [3.63, 3.8) is 0 Å². The number of piperidine rings is 1. The number of rotatable bonds is 2. The summed E-state index contributed by atoms with van der Waals surface area (Å²) in [4.78, 5) is 28.8. The molecule has 4 rings (SSSR count). The van der Waals surface area contributed by atoms with E-state index in [4.69, 9.17) is 4.74 Å². The van der Waals surface area contributed by atoms with Crippen molar-refractivity contribution >= 4 is 12.0 Å². The number of ether oxygens (including phenoxy) is 1. The SMILES string of the molecule is CC(C)(C)OC(=O)N1CCc2[nH]nc(C(=O)N3CCC(c4cccc(F)c4C(F)(F)F)CC3)c2C1. The summed E-state index contributed by atoms with van der Waals surface area (Å²) in [6.45, 7) is 6.37. The van der Waals surface area contributed by atoms with Crippen LogP contribution in [0.5, 0.6) is 0 Å². The average Bonchev–Trinajstić information content (AvgIpc) is 3.20. The Bertz CT molecular complexity index is 1110. The van der Waals surface area contributed by atoms with Crippen LogP contribution in [-0.4, -0.2) is 57.2 Å². The monoisotopic (exact) mass is 496 g/mol. The van der Waals surface area contributed by atoms with E-state index in [9.17, 15) is 27.2 Å². The van der Waals surface area contributed by atoms with Crippen molar-refractivity contribution in [3.05, 3.63) is 52.1 Å².